The van der Waals surface area contributed by atoms with E-state index in [4.69, 9.17) is 0 Å². The van der Waals surface area contributed by atoms with Crippen molar-refractivity contribution in [2.75, 3.05) is 112 Å². The van der Waals surface area contributed by atoms with Gasteiger partial charge in [-0.05, 0) is 54.6 Å². The predicted molar refractivity (Wildman–Crippen MR) is 342 cm³/mol. The second kappa shape index (κ2) is 25.5. The van der Waals surface area contributed by atoms with Crippen molar-refractivity contribution in [3.8, 4) is 0 Å². The van der Waals surface area contributed by atoms with E-state index in [-0.39, 0.29) is 38.3 Å². The number of pyridine rings is 4. The van der Waals surface area contributed by atoms with Crippen LogP contribution in [0, 0.1) is 5.92 Å². The Balaban J connectivity index is 0.000000146. The third-order valence-electron chi connectivity index (χ3n) is 16.9. The third-order valence-corrected chi connectivity index (χ3v) is 20.9. The van der Waals surface area contributed by atoms with Crippen LogP contribution in [-0.4, -0.2) is 174 Å². The Kier molecular flexibility index (Phi) is 18.2. The molecule has 8 heterocycles. The number of carbonyl (C=O) groups excluding carboxylic acids is 3. The molecular weight excluding hydrogens is 1210 g/mol. The van der Waals surface area contributed by atoms with Crippen LogP contribution in [0.4, 0.5) is 17.1 Å². The molecule has 4 aliphatic rings. The number of amides is 3. The zero-order chi connectivity index (χ0) is 63.0. The fourth-order valence-corrected chi connectivity index (χ4v) is 16.2. The maximum atomic E-state index is 12.9. The molecule has 0 atom stereocenters. The second-order valence-electron chi connectivity index (χ2n) is 22.6. The van der Waals surface area contributed by atoms with Gasteiger partial charge in [0.25, 0.3) is 28.5 Å². The average Bonchev–Trinajstić information content (AvgIpc) is 1.07. The first-order valence-corrected chi connectivity index (χ1v) is 35.5. The maximum absolute atomic E-state index is 12.9. The van der Waals surface area contributed by atoms with Gasteiger partial charge in [-0.15, -0.1) is 0 Å². The normalized spacial score (nSPS) is 16.2. The molecular formula is C62H70N10O12S4. The Morgan fingerprint density at radius 2 is 0.807 bits per heavy atom. The molecule has 88 heavy (non-hydrogen) atoms. The molecule has 26 heteroatoms. The van der Waals surface area contributed by atoms with Gasteiger partial charge in [-0.25, -0.2) is 25.3 Å². The Hall–Kier alpha value is -8.20. The lowest BCUT2D eigenvalue weighted by Crippen LogP contribution is -2.51. The minimum atomic E-state index is -3.76. The molecule has 0 N–H and O–H groups in total. The Bertz CT molecular complexity index is 4540. The van der Waals surface area contributed by atoms with E-state index in [0.29, 0.717) is 134 Å². The quantitative estimate of drug-likeness (QED) is 0.183. The van der Waals surface area contributed by atoms with E-state index in [1.54, 1.807) is 61.4 Å². The number of fused-ring (bicyclic) bond motifs is 3. The van der Waals surface area contributed by atoms with Gasteiger partial charge in [0, 0.05) is 158 Å². The van der Waals surface area contributed by atoms with Crippen molar-refractivity contribution in [1.29, 1.82) is 0 Å². The second-order valence-corrected chi connectivity index (χ2v) is 29.2. The van der Waals surface area contributed by atoms with E-state index in [1.165, 1.54) is 31.2 Å². The molecule has 1 aliphatic carbocycles. The summed E-state index contributed by atoms with van der Waals surface area (Å²) >= 11 is 1.48. The van der Waals surface area contributed by atoms with Crippen molar-refractivity contribution >= 4 is 108 Å². The van der Waals surface area contributed by atoms with Crippen molar-refractivity contribution < 1.29 is 39.6 Å². The van der Waals surface area contributed by atoms with Crippen molar-refractivity contribution in [3.63, 3.8) is 0 Å². The number of sulfone groups is 3. The first kappa shape index (κ1) is 62.8. The number of aryl methyl sites for hydroxylation is 3. The molecule has 464 valence electrons. The van der Waals surface area contributed by atoms with Gasteiger partial charge in [0.1, 0.15) is 0 Å². The zero-order valence-electron chi connectivity index (χ0n) is 49.9. The smallest absolute Gasteiger partial charge is 0.271 e. The third kappa shape index (κ3) is 12.6. The fraction of sp³-hybridized carbons (Fsp3) is 0.371. The molecule has 22 nitrogen and oxygen atoms in total. The van der Waals surface area contributed by atoms with E-state index in [0.717, 1.165) is 49.8 Å². The fourth-order valence-electron chi connectivity index (χ4n) is 12.4. The highest BCUT2D eigenvalue weighted by Gasteiger charge is 2.35. The van der Waals surface area contributed by atoms with Crippen molar-refractivity contribution in [2.24, 2.45) is 27.1 Å². The van der Waals surface area contributed by atoms with Crippen molar-refractivity contribution in [1.82, 2.24) is 33.4 Å². The highest BCUT2D eigenvalue weighted by Crippen LogP contribution is 2.36. The van der Waals surface area contributed by atoms with Crippen LogP contribution >= 0.6 is 11.3 Å². The number of carbonyl (C=O) groups is 3. The van der Waals surface area contributed by atoms with E-state index in [9.17, 15) is 54.0 Å². The lowest BCUT2D eigenvalue weighted by atomic mass is 10.1. The molecule has 3 aromatic carbocycles. The first-order chi connectivity index (χ1) is 41.9. The van der Waals surface area contributed by atoms with Crippen molar-refractivity contribution in [2.45, 2.75) is 40.4 Å². The van der Waals surface area contributed by atoms with Crippen LogP contribution < -0.4 is 31.4 Å². The van der Waals surface area contributed by atoms with Crippen LogP contribution in [0.15, 0.2) is 143 Å². The summed E-state index contributed by atoms with van der Waals surface area (Å²) in [5, 5.41) is 5.85. The molecule has 4 fully saturated rings. The summed E-state index contributed by atoms with van der Waals surface area (Å²) in [6.45, 7) is 5.62. The van der Waals surface area contributed by atoms with Crippen LogP contribution in [0.3, 0.4) is 0 Å². The lowest BCUT2D eigenvalue weighted by Gasteiger charge is -2.38. The van der Waals surface area contributed by atoms with Gasteiger partial charge in [-0.2, -0.15) is 11.3 Å². The summed E-state index contributed by atoms with van der Waals surface area (Å²) in [5.41, 5.74) is 2.97. The number of hydrogen-bond acceptors (Lipinski definition) is 17. The number of rotatable bonds is 9. The molecule has 12 rings (SSSR count). The highest BCUT2D eigenvalue weighted by atomic mass is 32.2. The zero-order valence-corrected chi connectivity index (χ0v) is 53.1. The van der Waals surface area contributed by atoms with Crippen LogP contribution in [0.25, 0.3) is 32.7 Å². The van der Waals surface area contributed by atoms with Crippen molar-refractivity contribution in [3.05, 3.63) is 156 Å². The van der Waals surface area contributed by atoms with Gasteiger partial charge in [-0.1, -0.05) is 67.4 Å². The van der Waals surface area contributed by atoms with Crippen LogP contribution in [-0.2, 0) is 55.4 Å². The Labute approximate surface area is 514 Å². The maximum Gasteiger partial charge on any atom is 0.271 e. The number of thiophene rings is 1. The topological polar surface area (TPSA) is 252 Å². The standard InChI is InChI=1S/C21H22N4O4S.C21H27N3O4S.C20H21N3O4S2/c1-23-17-8-4-3-7-16(17)18(19(21(23)27)30(2,28)29)24-10-12-25(13-11-24)20(26)15-6-5-9-22-14-15;1-22-17-10-6-5-9-16(17)18(19(21(22)26)29(2,27)28)23-11-13-24(14-12-23)20(25)15-7-3-4-8-15;1-21-16-6-4-3-5-15(16)17(18(20(21)25)29(2,26)27)22-8-10-23(11-9-22)19(24)14-7-12-28-13-14/h3-9,14H,10-13H2,1-2H3;5-6,9-10,15H,3-4,7-8,11-14H2,1-2H3;3-7,12-13H,8-11H2,1-2H3. The van der Waals surface area contributed by atoms with Crippen LogP contribution in [0.2, 0.25) is 0 Å². The van der Waals surface area contributed by atoms with Crippen LogP contribution in [0.5, 0.6) is 0 Å². The lowest BCUT2D eigenvalue weighted by molar-refractivity contribution is -0.135. The van der Waals surface area contributed by atoms with Gasteiger partial charge in [0.15, 0.2) is 44.2 Å². The Morgan fingerprint density at radius 3 is 1.14 bits per heavy atom. The molecule has 0 radical (unpaired) electrons. The number of anilines is 3. The SMILES string of the molecule is Cn1c(=O)c(S(C)(=O)=O)c(N2CCN(C(=O)C3CCCC3)CC2)c2ccccc21.Cn1c(=O)c(S(C)(=O)=O)c(N2CCN(C(=O)c3cccnc3)CC2)c2ccccc21.Cn1c(=O)c(S(C)(=O)=O)c(N2CCN(C(=O)c3ccsc3)CC2)c2ccccc21. The number of aromatic nitrogens is 4. The number of para-hydroxylation sites is 3. The summed E-state index contributed by atoms with van der Waals surface area (Å²) in [7, 11) is -6.48. The van der Waals surface area contributed by atoms with Gasteiger partial charge >= 0.3 is 0 Å². The Morgan fingerprint density at radius 1 is 0.455 bits per heavy atom. The largest absolute Gasteiger partial charge is 0.366 e. The predicted octanol–water partition coefficient (Wildman–Crippen LogP) is 5.05. The first-order valence-electron chi connectivity index (χ1n) is 28.9. The van der Waals surface area contributed by atoms with E-state index < -0.39 is 46.2 Å². The van der Waals surface area contributed by atoms with E-state index in [2.05, 4.69) is 4.98 Å². The van der Waals surface area contributed by atoms with Gasteiger partial charge in [0.2, 0.25) is 5.91 Å². The highest BCUT2D eigenvalue weighted by molar-refractivity contribution is 7.91. The van der Waals surface area contributed by atoms with Gasteiger partial charge in [0.05, 0.1) is 44.7 Å². The monoisotopic (exact) mass is 1270 g/mol. The molecule has 0 spiro atoms. The number of piperazine rings is 3. The van der Waals surface area contributed by atoms with Gasteiger partial charge < -0.3 is 43.1 Å². The average molecular weight is 1280 g/mol. The molecule has 3 aliphatic heterocycles. The number of nitrogens with zero attached hydrogens (tertiary/aromatic N) is 10. The minimum Gasteiger partial charge on any atom is -0.366 e. The summed E-state index contributed by atoms with van der Waals surface area (Å²) < 4.78 is 79.5. The number of hydrogen-bond donors (Lipinski definition) is 0. The molecule has 8 aromatic rings. The number of benzene rings is 3. The minimum absolute atomic E-state index is 0.0249. The van der Waals surface area contributed by atoms with Crippen LogP contribution in [0.1, 0.15) is 46.4 Å². The molecule has 5 aromatic heterocycles. The van der Waals surface area contributed by atoms with E-state index in [1.807, 2.05) is 97.1 Å². The molecule has 3 amide bonds. The molecule has 0 bridgehead atoms. The summed E-state index contributed by atoms with van der Waals surface area (Å²) in [5.74, 6) is 0.222. The van der Waals surface area contributed by atoms with Gasteiger partial charge in [-0.3, -0.25) is 33.8 Å². The molecule has 1 saturated carbocycles. The summed E-state index contributed by atoms with van der Waals surface area (Å²) in [4.78, 5) is 91.4. The summed E-state index contributed by atoms with van der Waals surface area (Å²) in [6.07, 6.45) is 10.5. The summed E-state index contributed by atoms with van der Waals surface area (Å²) in [6, 6.07) is 27.2. The van der Waals surface area contributed by atoms with E-state index >= 15 is 0 Å². The molecule has 0 unspecified atom stereocenters. The molecule has 3 saturated heterocycles.